The smallest absolute Gasteiger partial charge is 0.131 e. The fraction of sp³-hybridized carbons (Fsp3) is 0.500. The molecule has 2 rings (SSSR count). The van der Waals surface area contributed by atoms with Crippen LogP contribution in [0.4, 0.5) is 8.78 Å². The molecule has 0 aliphatic carbocycles. The first kappa shape index (κ1) is 12.4. The molecule has 3 nitrogen and oxygen atoms in total. The van der Waals surface area contributed by atoms with Gasteiger partial charge in [0.25, 0.3) is 0 Å². The largest absolute Gasteiger partial charge is 0.387 e. The van der Waals surface area contributed by atoms with Crippen LogP contribution in [-0.4, -0.2) is 42.7 Å². The maximum atomic E-state index is 13.4. The second kappa shape index (κ2) is 5.53. The van der Waals surface area contributed by atoms with Gasteiger partial charge in [-0.3, -0.25) is 4.90 Å². The first-order valence-electron chi connectivity index (χ1n) is 5.73. The molecule has 0 bridgehead atoms. The van der Waals surface area contributed by atoms with Gasteiger partial charge in [0.05, 0.1) is 11.7 Å². The highest BCUT2D eigenvalue weighted by Crippen LogP contribution is 2.21. The van der Waals surface area contributed by atoms with Crippen molar-refractivity contribution in [3.8, 4) is 0 Å². The van der Waals surface area contributed by atoms with E-state index in [0.717, 1.165) is 26.2 Å². The highest BCUT2D eigenvalue weighted by atomic mass is 19.1. The number of piperazine rings is 1. The summed E-state index contributed by atoms with van der Waals surface area (Å²) < 4.78 is 26.8. The second-order valence-electron chi connectivity index (χ2n) is 4.20. The minimum Gasteiger partial charge on any atom is -0.387 e. The van der Waals surface area contributed by atoms with Crippen molar-refractivity contribution in [1.29, 1.82) is 0 Å². The van der Waals surface area contributed by atoms with E-state index in [1.807, 2.05) is 4.90 Å². The highest BCUT2D eigenvalue weighted by molar-refractivity contribution is 5.22. The Kier molecular flexibility index (Phi) is 4.04. The van der Waals surface area contributed by atoms with Crippen LogP contribution in [0.15, 0.2) is 18.2 Å². The van der Waals surface area contributed by atoms with Crippen LogP contribution < -0.4 is 5.32 Å². The van der Waals surface area contributed by atoms with E-state index < -0.39 is 17.7 Å². The molecule has 1 aliphatic heterocycles. The van der Waals surface area contributed by atoms with Crippen LogP contribution in [0.5, 0.6) is 0 Å². The Hall–Kier alpha value is -1.04. The van der Waals surface area contributed by atoms with Gasteiger partial charge in [0.15, 0.2) is 0 Å². The lowest BCUT2D eigenvalue weighted by Gasteiger charge is -2.29. The summed E-state index contributed by atoms with van der Waals surface area (Å²) in [5.74, 6) is -1.37. The topological polar surface area (TPSA) is 35.5 Å². The third kappa shape index (κ3) is 3.00. The zero-order valence-electron chi connectivity index (χ0n) is 9.50. The van der Waals surface area contributed by atoms with Crippen molar-refractivity contribution in [1.82, 2.24) is 10.2 Å². The first-order valence-corrected chi connectivity index (χ1v) is 5.73. The molecule has 0 radical (unpaired) electrons. The number of rotatable bonds is 3. The molecule has 0 saturated carbocycles. The first-order chi connectivity index (χ1) is 8.18. The highest BCUT2D eigenvalue weighted by Gasteiger charge is 2.21. The van der Waals surface area contributed by atoms with Crippen LogP contribution in [0.25, 0.3) is 0 Å². The van der Waals surface area contributed by atoms with Gasteiger partial charge >= 0.3 is 0 Å². The number of halogens is 2. The van der Waals surface area contributed by atoms with E-state index in [1.165, 1.54) is 18.2 Å². The minimum absolute atomic E-state index is 0.231. The Bertz CT molecular complexity index is 361. The third-order valence-corrected chi connectivity index (χ3v) is 2.97. The standard InChI is InChI=1S/C12H16F2N2O/c13-9-2-1-3-10(14)12(9)11(17)8-16-6-4-15-5-7-16/h1-3,11,15,17H,4-8H2. The number of nitrogens with one attached hydrogen (secondary N) is 1. The van der Waals surface area contributed by atoms with E-state index in [1.54, 1.807) is 0 Å². The molecule has 1 heterocycles. The maximum absolute atomic E-state index is 13.4. The Balaban J connectivity index is 2.05. The molecule has 1 aromatic carbocycles. The van der Waals surface area contributed by atoms with Crippen LogP contribution >= 0.6 is 0 Å². The van der Waals surface area contributed by atoms with E-state index in [0.29, 0.717) is 0 Å². The lowest BCUT2D eigenvalue weighted by Crippen LogP contribution is -2.45. The van der Waals surface area contributed by atoms with Gasteiger partial charge in [-0.2, -0.15) is 0 Å². The van der Waals surface area contributed by atoms with Crippen molar-refractivity contribution >= 4 is 0 Å². The molecule has 5 heteroatoms. The average Bonchev–Trinajstić information content (AvgIpc) is 2.30. The number of nitrogens with zero attached hydrogens (tertiary/aromatic N) is 1. The average molecular weight is 242 g/mol. The van der Waals surface area contributed by atoms with E-state index in [2.05, 4.69) is 5.32 Å². The molecule has 1 aliphatic rings. The molecule has 0 amide bonds. The van der Waals surface area contributed by atoms with Crippen molar-refractivity contribution in [2.45, 2.75) is 6.10 Å². The van der Waals surface area contributed by atoms with Gasteiger partial charge in [-0.25, -0.2) is 8.78 Å². The summed E-state index contributed by atoms with van der Waals surface area (Å²) in [6.45, 7) is 3.51. The molecule has 1 unspecified atom stereocenters. The van der Waals surface area contributed by atoms with E-state index in [9.17, 15) is 13.9 Å². The summed E-state index contributed by atoms with van der Waals surface area (Å²) >= 11 is 0. The molecule has 94 valence electrons. The summed E-state index contributed by atoms with van der Waals surface area (Å²) in [6.07, 6.45) is -1.12. The van der Waals surface area contributed by atoms with Crippen LogP contribution in [0.2, 0.25) is 0 Å². The van der Waals surface area contributed by atoms with Crippen molar-refractivity contribution in [2.24, 2.45) is 0 Å². The van der Waals surface area contributed by atoms with Gasteiger partial charge in [0.2, 0.25) is 0 Å². The Morgan fingerprint density at radius 1 is 1.24 bits per heavy atom. The fourth-order valence-corrected chi connectivity index (χ4v) is 2.06. The van der Waals surface area contributed by atoms with Crippen LogP contribution in [0.3, 0.4) is 0 Å². The number of hydrogen-bond acceptors (Lipinski definition) is 3. The van der Waals surface area contributed by atoms with Crippen molar-refractivity contribution < 1.29 is 13.9 Å². The van der Waals surface area contributed by atoms with Gasteiger partial charge < -0.3 is 10.4 Å². The van der Waals surface area contributed by atoms with Crippen molar-refractivity contribution in [2.75, 3.05) is 32.7 Å². The molecule has 2 N–H and O–H groups in total. The Morgan fingerprint density at radius 2 is 1.82 bits per heavy atom. The summed E-state index contributed by atoms with van der Waals surface area (Å²) in [5.41, 5.74) is -0.231. The maximum Gasteiger partial charge on any atom is 0.131 e. The van der Waals surface area contributed by atoms with Crippen molar-refractivity contribution in [3.63, 3.8) is 0 Å². The Morgan fingerprint density at radius 3 is 2.41 bits per heavy atom. The number of β-amino-alcohol motifs (C(OH)–C–C–N with tert-alkyl or cyclic N) is 1. The molecule has 1 aromatic rings. The predicted octanol–water partition coefficient (Wildman–Crippen LogP) is 0.903. The van der Waals surface area contributed by atoms with E-state index in [-0.39, 0.29) is 12.1 Å². The normalized spacial score (nSPS) is 19.2. The molecular weight excluding hydrogens is 226 g/mol. The Labute approximate surface area is 99.1 Å². The summed E-state index contributed by atoms with van der Waals surface area (Å²) in [6, 6.07) is 3.63. The minimum atomic E-state index is -1.12. The molecule has 1 atom stereocenters. The number of benzene rings is 1. The number of aliphatic hydroxyl groups excluding tert-OH is 1. The van der Waals surface area contributed by atoms with E-state index >= 15 is 0 Å². The van der Waals surface area contributed by atoms with Gasteiger partial charge in [0, 0.05) is 32.7 Å². The lowest BCUT2D eigenvalue weighted by molar-refractivity contribution is 0.0997. The number of hydrogen-bond donors (Lipinski definition) is 2. The zero-order chi connectivity index (χ0) is 12.3. The van der Waals surface area contributed by atoms with Gasteiger partial charge in [-0.15, -0.1) is 0 Å². The molecular formula is C12H16F2N2O. The summed E-state index contributed by atoms with van der Waals surface area (Å²) in [4.78, 5) is 1.99. The summed E-state index contributed by atoms with van der Waals surface area (Å²) in [7, 11) is 0. The zero-order valence-corrected chi connectivity index (χ0v) is 9.50. The monoisotopic (exact) mass is 242 g/mol. The quantitative estimate of drug-likeness (QED) is 0.826. The fourth-order valence-electron chi connectivity index (χ4n) is 2.06. The molecule has 1 fully saturated rings. The molecule has 0 spiro atoms. The van der Waals surface area contributed by atoms with Crippen LogP contribution in [-0.2, 0) is 0 Å². The van der Waals surface area contributed by atoms with Gasteiger partial charge in [-0.1, -0.05) is 6.07 Å². The van der Waals surface area contributed by atoms with Crippen molar-refractivity contribution in [3.05, 3.63) is 35.4 Å². The summed E-state index contributed by atoms with van der Waals surface area (Å²) in [5, 5.41) is 13.1. The third-order valence-electron chi connectivity index (χ3n) is 2.97. The van der Waals surface area contributed by atoms with Gasteiger partial charge in [0.1, 0.15) is 11.6 Å². The van der Waals surface area contributed by atoms with Gasteiger partial charge in [-0.05, 0) is 12.1 Å². The SMILES string of the molecule is OC(CN1CCNCC1)c1c(F)cccc1F. The lowest BCUT2D eigenvalue weighted by atomic mass is 10.1. The molecule has 17 heavy (non-hydrogen) atoms. The number of aliphatic hydroxyl groups is 1. The molecule has 0 aromatic heterocycles. The van der Waals surface area contributed by atoms with E-state index in [4.69, 9.17) is 0 Å². The molecule has 1 saturated heterocycles. The predicted molar refractivity (Wildman–Crippen MR) is 60.6 cm³/mol. The van der Waals surface area contributed by atoms with Crippen LogP contribution in [0, 0.1) is 11.6 Å². The van der Waals surface area contributed by atoms with Crippen LogP contribution in [0.1, 0.15) is 11.7 Å². The second-order valence-corrected chi connectivity index (χ2v) is 4.20.